The van der Waals surface area contributed by atoms with E-state index in [1.165, 1.54) is 7.11 Å². The van der Waals surface area contributed by atoms with Crippen LogP contribution in [-0.4, -0.2) is 39.3 Å². The van der Waals surface area contributed by atoms with E-state index < -0.39 is 17.9 Å². The van der Waals surface area contributed by atoms with Crippen LogP contribution in [0.15, 0.2) is 65.1 Å². The van der Waals surface area contributed by atoms with Gasteiger partial charge in [0.05, 0.1) is 19.6 Å². The molecule has 9 nitrogen and oxygen atoms in total. The van der Waals surface area contributed by atoms with Crippen molar-refractivity contribution in [2.75, 3.05) is 7.11 Å². The number of aryl methyl sites for hydroxylation is 2. The number of rotatable bonds is 8. The molecule has 0 radical (unpaired) electrons. The number of nitrogens with one attached hydrogen (secondary N) is 1. The third-order valence-electron chi connectivity index (χ3n) is 5.47. The van der Waals surface area contributed by atoms with Gasteiger partial charge < -0.3 is 19.6 Å². The Morgan fingerprint density at radius 1 is 1.03 bits per heavy atom. The highest BCUT2D eigenvalue weighted by Gasteiger charge is 2.22. The van der Waals surface area contributed by atoms with Crippen LogP contribution in [0.1, 0.15) is 40.0 Å². The highest BCUT2D eigenvalue weighted by Crippen LogP contribution is 2.31. The van der Waals surface area contributed by atoms with Gasteiger partial charge in [0.15, 0.2) is 0 Å². The Morgan fingerprint density at radius 3 is 2.49 bits per heavy atom. The second kappa shape index (κ2) is 10.2. The topological polar surface area (TPSA) is 127 Å². The van der Waals surface area contributed by atoms with E-state index in [4.69, 9.17) is 9.15 Å². The molecule has 178 valence electrons. The van der Waals surface area contributed by atoms with Crippen molar-refractivity contribution in [2.24, 2.45) is 0 Å². The van der Waals surface area contributed by atoms with Crippen LogP contribution in [-0.2, 0) is 4.79 Å². The van der Waals surface area contributed by atoms with E-state index in [1.54, 1.807) is 25.1 Å². The van der Waals surface area contributed by atoms with Crippen molar-refractivity contribution in [3.05, 3.63) is 83.4 Å². The molecule has 0 fully saturated rings. The van der Waals surface area contributed by atoms with E-state index in [0.29, 0.717) is 34.4 Å². The van der Waals surface area contributed by atoms with Crippen LogP contribution in [0.2, 0.25) is 0 Å². The SMILES string of the molecule is COc1ccc(C(=O)N[C@@H](CC(=O)O)c2ccccc2C)nc1-c1cccc(-c2nnc(C)o2)c1. The van der Waals surface area contributed by atoms with Crippen molar-refractivity contribution in [3.8, 4) is 28.5 Å². The van der Waals surface area contributed by atoms with Gasteiger partial charge in [0.1, 0.15) is 17.1 Å². The van der Waals surface area contributed by atoms with E-state index >= 15 is 0 Å². The molecular formula is C26H24N4O5. The smallest absolute Gasteiger partial charge is 0.305 e. The van der Waals surface area contributed by atoms with E-state index in [2.05, 4.69) is 20.5 Å². The zero-order valence-electron chi connectivity index (χ0n) is 19.5. The van der Waals surface area contributed by atoms with Gasteiger partial charge in [0.25, 0.3) is 5.91 Å². The van der Waals surface area contributed by atoms with Gasteiger partial charge in [-0.25, -0.2) is 4.98 Å². The number of hydrogen-bond acceptors (Lipinski definition) is 7. The average molecular weight is 473 g/mol. The summed E-state index contributed by atoms with van der Waals surface area (Å²) in [5.74, 6) is -0.222. The molecule has 35 heavy (non-hydrogen) atoms. The summed E-state index contributed by atoms with van der Waals surface area (Å²) >= 11 is 0. The Labute approximate surface area is 201 Å². The highest BCUT2D eigenvalue weighted by molar-refractivity contribution is 5.94. The fourth-order valence-electron chi connectivity index (χ4n) is 3.78. The summed E-state index contributed by atoms with van der Waals surface area (Å²) in [7, 11) is 1.52. The van der Waals surface area contributed by atoms with Crippen molar-refractivity contribution in [1.82, 2.24) is 20.5 Å². The number of methoxy groups -OCH3 is 1. The molecule has 1 atom stereocenters. The first kappa shape index (κ1) is 23.6. The molecule has 2 heterocycles. The second-order valence-electron chi connectivity index (χ2n) is 7.93. The lowest BCUT2D eigenvalue weighted by atomic mass is 9.98. The fourth-order valence-corrected chi connectivity index (χ4v) is 3.78. The predicted octanol–water partition coefficient (Wildman–Crippen LogP) is 4.37. The molecule has 0 saturated heterocycles. The normalized spacial score (nSPS) is 11.6. The number of ether oxygens (including phenoxy) is 1. The summed E-state index contributed by atoms with van der Waals surface area (Å²) in [4.78, 5) is 29.2. The first-order valence-corrected chi connectivity index (χ1v) is 10.9. The molecule has 2 aromatic carbocycles. The van der Waals surface area contributed by atoms with Gasteiger partial charge in [-0.05, 0) is 42.3 Å². The lowest BCUT2D eigenvalue weighted by Gasteiger charge is -2.19. The van der Waals surface area contributed by atoms with Crippen LogP contribution in [0.25, 0.3) is 22.7 Å². The summed E-state index contributed by atoms with van der Waals surface area (Å²) < 4.78 is 11.0. The Balaban J connectivity index is 1.67. The number of carbonyl (C=O) groups excluding carboxylic acids is 1. The first-order valence-electron chi connectivity index (χ1n) is 10.9. The van der Waals surface area contributed by atoms with Crippen molar-refractivity contribution >= 4 is 11.9 Å². The Hall–Kier alpha value is -4.53. The van der Waals surface area contributed by atoms with Crippen LogP contribution in [0.3, 0.4) is 0 Å². The number of amides is 1. The lowest BCUT2D eigenvalue weighted by molar-refractivity contribution is -0.137. The number of nitrogens with zero attached hydrogens (tertiary/aromatic N) is 3. The maximum absolute atomic E-state index is 13.2. The minimum Gasteiger partial charge on any atom is -0.494 e. The molecule has 2 N–H and O–H groups in total. The van der Waals surface area contributed by atoms with Gasteiger partial charge in [0, 0.05) is 18.1 Å². The standard InChI is InChI=1S/C26H24N4O5/c1-15-7-4-5-10-19(15)21(14-23(31)32)28-25(33)20-11-12-22(34-3)24(27-20)17-8-6-9-18(13-17)26-30-29-16(2)35-26/h4-13,21H,14H2,1-3H3,(H,28,33)(H,31,32)/t21-/m0/s1. The molecule has 0 aliphatic carbocycles. The molecule has 1 amide bonds. The summed E-state index contributed by atoms with van der Waals surface area (Å²) in [6.07, 6.45) is -0.259. The molecule has 0 unspecified atom stereocenters. The number of carboxylic acid groups (broad SMARTS) is 1. The van der Waals surface area contributed by atoms with Gasteiger partial charge in [-0.1, -0.05) is 36.4 Å². The molecule has 2 aromatic heterocycles. The molecule has 4 aromatic rings. The largest absolute Gasteiger partial charge is 0.494 e. The number of carbonyl (C=O) groups is 2. The monoisotopic (exact) mass is 472 g/mol. The molecule has 0 spiro atoms. The van der Waals surface area contributed by atoms with Crippen LogP contribution in [0, 0.1) is 13.8 Å². The van der Waals surface area contributed by atoms with Crippen molar-refractivity contribution in [1.29, 1.82) is 0 Å². The molecule has 0 bridgehead atoms. The highest BCUT2D eigenvalue weighted by atomic mass is 16.5. The van der Waals surface area contributed by atoms with Crippen molar-refractivity contribution in [3.63, 3.8) is 0 Å². The maximum Gasteiger partial charge on any atom is 0.305 e. The van der Waals surface area contributed by atoms with Gasteiger partial charge in [-0.2, -0.15) is 0 Å². The Kier molecular flexibility index (Phi) is 6.86. The van der Waals surface area contributed by atoms with Crippen molar-refractivity contribution < 1.29 is 23.8 Å². The Morgan fingerprint density at radius 2 is 1.80 bits per heavy atom. The minimum atomic E-state index is -1.02. The summed E-state index contributed by atoms with van der Waals surface area (Å²) in [6.45, 7) is 3.58. The van der Waals surface area contributed by atoms with Gasteiger partial charge in [-0.15, -0.1) is 10.2 Å². The first-order chi connectivity index (χ1) is 16.9. The summed E-state index contributed by atoms with van der Waals surface area (Å²) in [5, 5.41) is 20.1. The number of carboxylic acids is 1. The summed E-state index contributed by atoms with van der Waals surface area (Å²) in [5.41, 5.74) is 3.58. The number of aromatic nitrogens is 3. The van der Waals surface area contributed by atoms with Crippen LogP contribution >= 0.6 is 0 Å². The van der Waals surface area contributed by atoms with Gasteiger partial charge in [0.2, 0.25) is 11.8 Å². The zero-order chi connectivity index (χ0) is 24.9. The average Bonchev–Trinajstić information content (AvgIpc) is 3.29. The molecule has 9 heteroatoms. The van der Waals surface area contributed by atoms with E-state index in [0.717, 1.165) is 11.1 Å². The third kappa shape index (κ3) is 5.35. The number of benzene rings is 2. The quantitative estimate of drug-likeness (QED) is 0.387. The molecule has 4 rings (SSSR count). The zero-order valence-corrected chi connectivity index (χ0v) is 19.5. The van der Waals surface area contributed by atoms with Gasteiger partial charge >= 0.3 is 5.97 Å². The van der Waals surface area contributed by atoms with Crippen LogP contribution in [0.5, 0.6) is 5.75 Å². The fraction of sp³-hybridized carbons (Fsp3) is 0.192. The summed E-state index contributed by atoms with van der Waals surface area (Å²) in [6, 6.07) is 17.1. The minimum absolute atomic E-state index is 0.129. The third-order valence-corrected chi connectivity index (χ3v) is 5.47. The Bertz CT molecular complexity index is 1380. The number of pyridine rings is 1. The lowest BCUT2D eigenvalue weighted by Crippen LogP contribution is -2.31. The van der Waals surface area contributed by atoms with Crippen LogP contribution in [0.4, 0.5) is 0 Å². The van der Waals surface area contributed by atoms with E-state index in [9.17, 15) is 14.7 Å². The van der Waals surface area contributed by atoms with Gasteiger partial charge in [-0.3, -0.25) is 9.59 Å². The molecule has 0 aliphatic heterocycles. The van der Waals surface area contributed by atoms with Crippen LogP contribution < -0.4 is 10.1 Å². The molecule has 0 saturated carbocycles. The van der Waals surface area contributed by atoms with Crippen molar-refractivity contribution in [2.45, 2.75) is 26.3 Å². The predicted molar refractivity (Wildman–Crippen MR) is 128 cm³/mol. The molecule has 0 aliphatic rings. The molecular weight excluding hydrogens is 448 g/mol. The van der Waals surface area contributed by atoms with E-state index in [1.807, 2.05) is 49.4 Å². The maximum atomic E-state index is 13.2. The number of aliphatic carboxylic acids is 1. The second-order valence-corrected chi connectivity index (χ2v) is 7.93. The van der Waals surface area contributed by atoms with E-state index in [-0.39, 0.29) is 12.1 Å². The number of hydrogen-bond donors (Lipinski definition) is 2.